The Kier molecular flexibility index (Phi) is 4.33. The van der Waals surface area contributed by atoms with E-state index in [1.54, 1.807) is 19.1 Å². The normalized spacial score (nSPS) is 19.7. The number of hydrogen-bond donors (Lipinski definition) is 0. The van der Waals surface area contributed by atoms with Gasteiger partial charge in [-0.1, -0.05) is 12.1 Å². The first-order valence-corrected chi connectivity index (χ1v) is 7.68. The van der Waals surface area contributed by atoms with E-state index in [0.29, 0.717) is 10.5 Å². The van der Waals surface area contributed by atoms with Crippen molar-refractivity contribution in [2.24, 2.45) is 0 Å². The van der Waals surface area contributed by atoms with Gasteiger partial charge >= 0.3 is 11.9 Å². The molecule has 8 heteroatoms. The molecular formula is C18H15NO7. The van der Waals surface area contributed by atoms with Gasteiger partial charge < -0.3 is 14.2 Å². The number of fused-ring (bicyclic) bond motifs is 1. The first-order chi connectivity index (χ1) is 12.3. The second-order valence-electron chi connectivity index (χ2n) is 5.63. The molecule has 0 bridgehead atoms. The largest absolute Gasteiger partial charge is 0.464 e. The highest BCUT2D eigenvalue weighted by molar-refractivity contribution is 6.24. The highest BCUT2D eigenvalue weighted by atomic mass is 16.7. The molecule has 2 aliphatic rings. The molecule has 0 saturated carbocycles. The minimum Gasteiger partial charge on any atom is -0.464 e. The third-order valence-corrected chi connectivity index (χ3v) is 3.95. The predicted molar refractivity (Wildman–Crippen MR) is 86.4 cm³/mol. The third kappa shape index (κ3) is 2.75. The van der Waals surface area contributed by atoms with Crippen molar-refractivity contribution in [3.63, 3.8) is 0 Å². The number of cyclic esters (lactones) is 1. The molecule has 0 spiro atoms. The lowest BCUT2D eigenvalue weighted by Crippen LogP contribution is -2.35. The fourth-order valence-corrected chi connectivity index (χ4v) is 2.67. The van der Waals surface area contributed by atoms with Gasteiger partial charge in [0.25, 0.3) is 18.1 Å². The zero-order valence-corrected chi connectivity index (χ0v) is 14.3. The van der Waals surface area contributed by atoms with Crippen LogP contribution in [-0.2, 0) is 23.8 Å². The number of amides is 2. The minimum atomic E-state index is -1.06. The Balaban J connectivity index is 2.00. The fraction of sp³-hybridized carbons (Fsp3) is 0.222. The number of benzene rings is 1. The molecule has 0 saturated heterocycles. The van der Waals surface area contributed by atoms with E-state index in [2.05, 4.69) is 0 Å². The van der Waals surface area contributed by atoms with Crippen LogP contribution in [0.3, 0.4) is 0 Å². The van der Waals surface area contributed by atoms with E-state index >= 15 is 0 Å². The number of esters is 2. The molecule has 1 atom stereocenters. The second kappa shape index (κ2) is 6.47. The van der Waals surface area contributed by atoms with E-state index in [-0.39, 0.29) is 22.6 Å². The van der Waals surface area contributed by atoms with E-state index in [1.165, 1.54) is 25.1 Å². The Hall–Kier alpha value is -3.42. The van der Waals surface area contributed by atoms with Crippen LogP contribution in [0.25, 0.3) is 0 Å². The lowest BCUT2D eigenvalue weighted by molar-refractivity contribution is -0.154. The van der Waals surface area contributed by atoms with E-state index in [0.717, 1.165) is 7.11 Å². The van der Waals surface area contributed by atoms with Gasteiger partial charge in [0.05, 0.1) is 18.2 Å². The molecule has 8 nitrogen and oxygen atoms in total. The number of rotatable bonds is 4. The van der Waals surface area contributed by atoms with E-state index in [1.807, 2.05) is 0 Å². The summed E-state index contributed by atoms with van der Waals surface area (Å²) in [5.41, 5.74) is 0.334. The molecule has 0 fully saturated rings. The Bertz CT molecular complexity index is 862. The van der Waals surface area contributed by atoms with Crippen LogP contribution in [0.5, 0.6) is 0 Å². The van der Waals surface area contributed by atoms with Crippen LogP contribution in [-0.4, -0.2) is 42.1 Å². The average molecular weight is 357 g/mol. The Morgan fingerprint density at radius 3 is 2.15 bits per heavy atom. The zero-order valence-electron chi connectivity index (χ0n) is 14.3. The van der Waals surface area contributed by atoms with Gasteiger partial charge in [-0.15, -0.1) is 0 Å². The molecule has 1 unspecified atom stereocenters. The molecule has 1 aromatic carbocycles. The van der Waals surface area contributed by atoms with Crippen LogP contribution in [0.15, 0.2) is 47.4 Å². The molecule has 0 aliphatic carbocycles. The van der Waals surface area contributed by atoms with Gasteiger partial charge in [-0.05, 0) is 26.0 Å². The molecule has 134 valence electrons. The molecule has 0 radical (unpaired) electrons. The van der Waals surface area contributed by atoms with E-state index in [9.17, 15) is 19.2 Å². The third-order valence-electron chi connectivity index (χ3n) is 3.95. The molecule has 2 heterocycles. The number of carbonyl (C=O) groups is 4. The van der Waals surface area contributed by atoms with Crippen molar-refractivity contribution < 1.29 is 33.4 Å². The highest BCUT2D eigenvalue weighted by Gasteiger charge is 2.42. The van der Waals surface area contributed by atoms with Crippen molar-refractivity contribution in [3.8, 4) is 0 Å². The summed E-state index contributed by atoms with van der Waals surface area (Å²) in [7, 11) is 1.12. The smallest absolute Gasteiger partial charge is 0.358 e. The average Bonchev–Trinajstić information content (AvgIpc) is 3.06. The molecule has 0 aromatic heterocycles. The molecule has 1 aromatic rings. The number of nitrogens with zero attached hydrogens (tertiary/aromatic N) is 1. The van der Waals surface area contributed by atoms with Gasteiger partial charge in [-0.25, -0.2) is 14.5 Å². The van der Waals surface area contributed by atoms with Crippen molar-refractivity contribution in [2.45, 2.75) is 20.1 Å². The van der Waals surface area contributed by atoms with Crippen molar-refractivity contribution >= 4 is 23.8 Å². The van der Waals surface area contributed by atoms with Crippen LogP contribution in [0.1, 0.15) is 34.6 Å². The van der Waals surface area contributed by atoms with E-state index < -0.39 is 30.0 Å². The summed E-state index contributed by atoms with van der Waals surface area (Å²) in [5.74, 6) is -2.89. The summed E-state index contributed by atoms with van der Waals surface area (Å²) >= 11 is 0. The van der Waals surface area contributed by atoms with Crippen LogP contribution < -0.4 is 0 Å². The quantitative estimate of drug-likeness (QED) is 0.349. The van der Waals surface area contributed by atoms with Crippen LogP contribution in [0.2, 0.25) is 0 Å². The maximum absolute atomic E-state index is 12.6. The standard InChI is InChI=1S/C18H15NO7/c1-9-8-13(26-17(9)22)25-10(2)14(18(23)24-3)19-15(20)11-6-4-5-7-12(11)16(19)21/h4-8,13H,1-3H3/b14-10-. The van der Waals surface area contributed by atoms with Gasteiger partial charge in [0, 0.05) is 11.6 Å². The lowest BCUT2D eigenvalue weighted by Gasteiger charge is -2.20. The second-order valence-corrected chi connectivity index (χ2v) is 5.63. The molecule has 0 N–H and O–H groups in total. The molecule has 2 aliphatic heterocycles. The van der Waals surface area contributed by atoms with Crippen molar-refractivity contribution in [3.05, 3.63) is 58.5 Å². The van der Waals surface area contributed by atoms with E-state index in [4.69, 9.17) is 14.2 Å². The minimum absolute atomic E-state index is 0.0879. The summed E-state index contributed by atoms with van der Waals surface area (Å²) in [6.07, 6.45) is 0.362. The Morgan fingerprint density at radius 1 is 1.12 bits per heavy atom. The van der Waals surface area contributed by atoms with Crippen molar-refractivity contribution in [1.82, 2.24) is 4.90 Å². The number of allylic oxidation sites excluding steroid dienone is 1. The number of methoxy groups -OCH3 is 1. The lowest BCUT2D eigenvalue weighted by atomic mass is 10.1. The Morgan fingerprint density at radius 2 is 1.69 bits per heavy atom. The molecule has 2 amide bonds. The number of ether oxygens (including phenoxy) is 3. The topological polar surface area (TPSA) is 99.2 Å². The number of imide groups is 1. The first kappa shape index (κ1) is 17.4. The fourth-order valence-electron chi connectivity index (χ4n) is 2.67. The molecular weight excluding hydrogens is 342 g/mol. The molecule has 3 rings (SSSR count). The predicted octanol–water partition coefficient (Wildman–Crippen LogP) is 1.53. The zero-order chi connectivity index (χ0) is 19.0. The first-order valence-electron chi connectivity index (χ1n) is 7.68. The van der Waals surface area contributed by atoms with Gasteiger partial charge in [-0.2, -0.15) is 0 Å². The van der Waals surface area contributed by atoms with Gasteiger partial charge in [0.15, 0.2) is 5.70 Å². The van der Waals surface area contributed by atoms with Crippen LogP contribution in [0, 0.1) is 0 Å². The van der Waals surface area contributed by atoms with Crippen molar-refractivity contribution in [2.75, 3.05) is 7.11 Å². The summed E-state index contributed by atoms with van der Waals surface area (Å²) in [6, 6.07) is 6.21. The Labute approximate surface area is 148 Å². The molecule has 26 heavy (non-hydrogen) atoms. The summed E-state index contributed by atoms with van der Waals surface area (Å²) in [6.45, 7) is 2.93. The van der Waals surface area contributed by atoms with Gasteiger partial charge in [0.2, 0.25) is 0 Å². The van der Waals surface area contributed by atoms with Crippen LogP contribution in [0.4, 0.5) is 0 Å². The number of hydrogen-bond acceptors (Lipinski definition) is 7. The summed E-state index contributed by atoms with van der Waals surface area (Å²) in [5, 5.41) is 0. The maximum Gasteiger partial charge on any atom is 0.358 e. The maximum atomic E-state index is 12.6. The van der Waals surface area contributed by atoms with Gasteiger partial charge in [0.1, 0.15) is 5.76 Å². The monoisotopic (exact) mass is 357 g/mol. The SMILES string of the molecule is COC(=O)/C(=C(\C)OC1C=C(C)C(=O)O1)N1C(=O)c2ccccc2C1=O. The summed E-state index contributed by atoms with van der Waals surface area (Å²) in [4.78, 5) is 49.7. The number of carbonyl (C=O) groups excluding carboxylic acids is 4. The van der Waals surface area contributed by atoms with Gasteiger partial charge in [-0.3, -0.25) is 9.59 Å². The van der Waals surface area contributed by atoms with Crippen LogP contribution >= 0.6 is 0 Å². The van der Waals surface area contributed by atoms with Crippen molar-refractivity contribution in [1.29, 1.82) is 0 Å². The summed E-state index contributed by atoms with van der Waals surface area (Å²) < 4.78 is 15.1. The highest BCUT2D eigenvalue weighted by Crippen LogP contribution is 2.29.